The van der Waals surface area contributed by atoms with Crippen molar-refractivity contribution in [2.45, 2.75) is 57.3 Å². The van der Waals surface area contributed by atoms with Gasteiger partial charge in [-0.1, -0.05) is 38.1 Å². The van der Waals surface area contributed by atoms with E-state index in [1.54, 1.807) is 24.3 Å². The molecule has 0 aliphatic rings. The zero-order valence-electron chi connectivity index (χ0n) is 21.8. The van der Waals surface area contributed by atoms with Crippen LogP contribution in [0.4, 0.5) is 0 Å². The normalized spacial score (nSPS) is 14.1. The predicted octanol–water partition coefficient (Wildman–Crippen LogP) is 0.725. The smallest absolute Gasteiger partial charge is 0.327 e. The van der Waals surface area contributed by atoms with Crippen LogP contribution in [0.5, 0.6) is 11.5 Å². The fraction of sp³-hybridized carbons (Fsp3) is 0.407. The standard InChI is InChI=1S/C27H36N4O7S/c1-15(2)11-20(28)24(34)29-21(12-16-3-7-18(32)8-4-16)25(35)30-22(13-17-5-9-19(33)10-6-17)26(36)31-23(14-39)27(37)38/h3-10,15,20-23,32-33,39H,11-14,28H2,1-2H3,(H,29,34)(H,30,35)(H,31,36)(H,37,38). The van der Waals surface area contributed by atoms with Gasteiger partial charge in [-0.05, 0) is 47.7 Å². The molecule has 4 unspecified atom stereocenters. The van der Waals surface area contributed by atoms with Gasteiger partial charge in [0.15, 0.2) is 0 Å². The Morgan fingerprint density at radius 3 is 1.49 bits per heavy atom. The molecular formula is C27H36N4O7S. The maximum absolute atomic E-state index is 13.5. The van der Waals surface area contributed by atoms with Gasteiger partial charge >= 0.3 is 5.97 Å². The van der Waals surface area contributed by atoms with E-state index in [-0.39, 0.29) is 36.0 Å². The fourth-order valence-corrected chi connectivity index (χ4v) is 4.03. The van der Waals surface area contributed by atoms with Crippen LogP contribution in [0.15, 0.2) is 48.5 Å². The van der Waals surface area contributed by atoms with E-state index in [9.17, 15) is 34.5 Å². The number of carbonyl (C=O) groups is 4. The summed E-state index contributed by atoms with van der Waals surface area (Å²) in [7, 11) is 0. The summed E-state index contributed by atoms with van der Waals surface area (Å²) in [4.78, 5) is 50.8. The minimum Gasteiger partial charge on any atom is -0.508 e. The Morgan fingerprint density at radius 2 is 1.13 bits per heavy atom. The lowest BCUT2D eigenvalue weighted by molar-refractivity contribution is -0.141. The zero-order valence-corrected chi connectivity index (χ0v) is 22.7. The Kier molecular flexibility index (Phi) is 12.1. The summed E-state index contributed by atoms with van der Waals surface area (Å²) in [6, 6.07) is 7.57. The second kappa shape index (κ2) is 15.0. The lowest BCUT2D eigenvalue weighted by atomic mass is 10.0. The van der Waals surface area contributed by atoms with Gasteiger partial charge in [0.25, 0.3) is 0 Å². The summed E-state index contributed by atoms with van der Waals surface area (Å²) in [5.41, 5.74) is 7.24. The average Bonchev–Trinajstić information content (AvgIpc) is 2.88. The Morgan fingerprint density at radius 1 is 0.744 bits per heavy atom. The van der Waals surface area contributed by atoms with Crippen LogP contribution in [0.25, 0.3) is 0 Å². The Bertz CT molecular complexity index is 1130. The Hall–Kier alpha value is -3.77. The molecule has 0 aromatic heterocycles. The molecule has 0 aliphatic carbocycles. The van der Waals surface area contributed by atoms with Gasteiger partial charge in [0.05, 0.1) is 6.04 Å². The molecule has 0 radical (unpaired) electrons. The minimum absolute atomic E-state index is 0.0132. The molecule has 4 atom stereocenters. The van der Waals surface area contributed by atoms with Crippen LogP contribution < -0.4 is 21.7 Å². The molecule has 0 aliphatic heterocycles. The molecular weight excluding hydrogens is 524 g/mol. The molecule has 8 N–H and O–H groups in total. The van der Waals surface area contributed by atoms with Gasteiger partial charge in [0.1, 0.15) is 29.6 Å². The van der Waals surface area contributed by atoms with Crippen LogP contribution in [-0.2, 0) is 32.0 Å². The van der Waals surface area contributed by atoms with Crippen molar-refractivity contribution in [3.63, 3.8) is 0 Å². The molecule has 0 fully saturated rings. The third kappa shape index (κ3) is 10.5. The summed E-state index contributed by atoms with van der Waals surface area (Å²) < 4.78 is 0. The summed E-state index contributed by atoms with van der Waals surface area (Å²) in [6.45, 7) is 3.82. The van der Waals surface area contributed by atoms with Crippen molar-refractivity contribution in [1.29, 1.82) is 0 Å². The van der Waals surface area contributed by atoms with Gasteiger partial charge in [-0.2, -0.15) is 12.6 Å². The summed E-state index contributed by atoms with van der Waals surface area (Å²) in [5.74, 6) is -3.26. The highest BCUT2D eigenvalue weighted by molar-refractivity contribution is 7.80. The van der Waals surface area contributed by atoms with Crippen LogP contribution in [0.3, 0.4) is 0 Å². The highest BCUT2D eigenvalue weighted by Gasteiger charge is 2.30. The highest BCUT2D eigenvalue weighted by Crippen LogP contribution is 2.14. The molecule has 212 valence electrons. The number of rotatable bonds is 14. The molecule has 0 spiro atoms. The van der Waals surface area contributed by atoms with Crippen LogP contribution >= 0.6 is 12.6 Å². The number of carbonyl (C=O) groups excluding carboxylic acids is 3. The van der Waals surface area contributed by atoms with Crippen molar-refractivity contribution < 1.29 is 34.5 Å². The van der Waals surface area contributed by atoms with Crippen LogP contribution in [0, 0.1) is 5.92 Å². The van der Waals surface area contributed by atoms with Crippen molar-refractivity contribution >= 4 is 36.3 Å². The van der Waals surface area contributed by atoms with Gasteiger partial charge < -0.3 is 37.0 Å². The number of hydrogen-bond acceptors (Lipinski definition) is 8. The molecule has 2 aromatic rings. The van der Waals surface area contributed by atoms with Gasteiger partial charge in [-0.25, -0.2) is 4.79 Å². The van der Waals surface area contributed by atoms with E-state index in [1.807, 2.05) is 13.8 Å². The van der Waals surface area contributed by atoms with Gasteiger partial charge in [0, 0.05) is 18.6 Å². The van der Waals surface area contributed by atoms with Gasteiger partial charge in [-0.15, -0.1) is 0 Å². The second-order valence-electron chi connectivity index (χ2n) is 9.68. The molecule has 2 aromatic carbocycles. The number of benzene rings is 2. The van der Waals surface area contributed by atoms with Crippen LogP contribution in [-0.4, -0.2) is 68.9 Å². The molecule has 12 heteroatoms. The molecule has 0 saturated heterocycles. The van der Waals surface area contributed by atoms with E-state index in [1.165, 1.54) is 24.3 Å². The molecule has 3 amide bonds. The second-order valence-corrected chi connectivity index (χ2v) is 10.0. The highest BCUT2D eigenvalue weighted by atomic mass is 32.1. The topological polar surface area (TPSA) is 191 Å². The molecule has 0 saturated carbocycles. The van der Waals surface area contributed by atoms with E-state index in [4.69, 9.17) is 5.73 Å². The largest absolute Gasteiger partial charge is 0.508 e. The summed E-state index contributed by atoms with van der Waals surface area (Å²) >= 11 is 3.97. The van der Waals surface area contributed by atoms with Crippen molar-refractivity contribution in [2.75, 3.05) is 5.75 Å². The number of aliphatic carboxylic acids is 1. The lowest BCUT2D eigenvalue weighted by Crippen LogP contribution is -2.58. The number of hydrogen-bond donors (Lipinski definition) is 8. The minimum atomic E-state index is -1.29. The third-order valence-electron chi connectivity index (χ3n) is 5.88. The first-order valence-corrected chi connectivity index (χ1v) is 13.1. The van der Waals surface area contributed by atoms with E-state index < -0.39 is 47.9 Å². The average molecular weight is 561 g/mol. The number of amides is 3. The zero-order chi connectivity index (χ0) is 29.1. The monoisotopic (exact) mass is 560 g/mol. The van der Waals surface area contributed by atoms with E-state index >= 15 is 0 Å². The molecule has 39 heavy (non-hydrogen) atoms. The summed E-state index contributed by atoms with van der Waals surface area (Å²) in [5, 5.41) is 36.2. The number of nitrogens with two attached hydrogens (primary N) is 1. The Labute approximate surface area is 232 Å². The maximum Gasteiger partial charge on any atom is 0.327 e. The number of aromatic hydroxyl groups is 2. The first-order chi connectivity index (χ1) is 18.4. The van der Waals surface area contributed by atoms with Crippen molar-refractivity contribution in [2.24, 2.45) is 11.7 Å². The molecule has 11 nitrogen and oxygen atoms in total. The lowest BCUT2D eigenvalue weighted by Gasteiger charge is -2.25. The van der Waals surface area contributed by atoms with Gasteiger partial charge in [-0.3, -0.25) is 14.4 Å². The van der Waals surface area contributed by atoms with Gasteiger partial charge in [0.2, 0.25) is 17.7 Å². The SMILES string of the molecule is CC(C)CC(N)C(=O)NC(Cc1ccc(O)cc1)C(=O)NC(Cc1ccc(O)cc1)C(=O)NC(CS)C(=O)O. The Balaban J connectivity index is 2.32. The molecule has 2 rings (SSSR count). The van der Waals surface area contributed by atoms with Crippen molar-refractivity contribution in [3.8, 4) is 11.5 Å². The number of nitrogens with one attached hydrogen (secondary N) is 3. The number of carboxylic acids is 1. The van der Waals surface area contributed by atoms with Crippen LogP contribution in [0.1, 0.15) is 31.4 Å². The van der Waals surface area contributed by atoms with Crippen LogP contribution in [0.2, 0.25) is 0 Å². The fourth-order valence-electron chi connectivity index (χ4n) is 3.78. The predicted molar refractivity (Wildman–Crippen MR) is 148 cm³/mol. The quantitative estimate of drug-likeness (QED) is 0.155. The third-order valence-corrected chi connectivity index (χ3v) is 6.24. The maximum atomic E-state index is 13.5. The number of thiol groups is 1. The number of phenolic OH excluding ortho intramolecular Hbond substituents is 2. The molecule has 0 heterocycles. The van der Waals surface area contributed by atoms with E-state index in [0.29, 0.717) is 17.5 Å². The van der Waals surface area contributed by atoms with Crippen molar-refractivity contribution in [1.82, 2.24) is 16.0 Å². The first kappa shape index (κ1) is 31.4. The van der Waals surface area contributed by atoms with E-state index in [2.05, 4.69) is 28.6 Å². The van der Waals surface area contributed by atoms with Crippen molar-refractivity contribution in [3.05, 3.63) is 59.7 Å². The summed E-state index contributed by atoms with van der Waals surface area (Å²) in [6.07, 6.45) is 0.406. The number of phenols is 2. The van der Waals surface area contributed by atoms with E-state index in [0.717, 1.165) is 0 Å². The number of carboxylic acid groups (broad SMARTS) is 1. The molecule has 0 bridgehead atoms. The first-order valence-electron chi connectivity index (χ1n) is 12.5.